The van der Waals surface area contributed by atoms with Crippen molar-refractivity contribution in [3.05, 3.63) is 75.2 Å². The highest BCUT2D eigenvalue weighted by atomic mass is 19.1. The van der Waals surface area contributed by atoms with Crippen LogP contribution in [0.1, 0.15) is 24.1 Å². The van der Waals surface area contributed by atoms with E-state index in [9.17, 15) is 14.3 Å². The number of rotatable bonds is 6. The fourth-order valence-electron chi connectivity index (χ4n) is 3.72. The van der Waals surface area contributed by atoms with Crippen LogP contribution in [0, 0.1) is 5.82 Å². The summed E-state index contributed by atoms with van der Waals surface area (Å²) in [5.41, 5.74) is 2.82. The Labute approximate surface area is 195 Å². The number of hydrogen-bond donors (Lipinski definition) is 5. The van der Waals surface area contributed by atoms with Crippen molar-refractivity contribution < 1.29 is 9.50 Å². The van der Waals surface area contributed by atoms with Crippen LogP contribution in [0.4, 0.5) is 10.3 Å². The standard InChI is InChI=1S/C22H19FN10O2/c23-14-1-4-16(13-8-25-26-9-13)11(5-14)7-24-20-30-18-12(6-17-19(34)31-22(35)29-17)10-27-33(18)21(32-20)28-15-2-3-15/h1,4-6,8-10,15,34H,2-3,7H2,(H,25,26)(H,24,28,32)(H2,29,31,35). The van der Waals surface area contributed by atoms with Gasteiger partial charge >= 0.3 is 5.69 Å². The number of hydrogen-bond acceptors (Lipinski definition) is 8. The van der Waals surface area contributed by atoms with Crippen LogP contribution in [0.5, 0.6) is 5.88 Å². The van der Waals surface area contributed by atoms with E-state index in [0.29, 0.717) is 22.0 Å². The Morgan fingerprint density at radius 2 is 2.14 bits per heavy atom. The van der Waals surface area contributed by atoms with Crippen molar-refractivity contribution in [1.82, 2.24) is 39.7 Å². The second-order valence-corrected chi connectivity index (χ2v) is 8.17. The Morgan fingerprint density at radius 3 is 2.89 bits per heavy atom. The normalized spacial score (nSPS) is 14.8. The van der Waals surface area contributed by atoms with Gasteiger partial charge in [-0.25, -0.2) is 14.2 Å². The first-order valence-corrected chi connectivity index (χ1v) is 10.9. The summed E-state index contributed by atoms with van der Waals surface area (Å²) in [6.45, 7) is 0.246. The molecule has 35 heavy (non-hydrogen) atoms. The van der Waals surface area contributed by atoms with Gasteiger partial charge in [-0.2, -0.15) is 24.7 Å². The van der Waals surface area contributed by atoms with Crippen molar-refractivity contribution in [3.8, 4) is 17.0 Å². The summed E-state index contributed by atoms with van der Waals surface area (Å²) in [6.07, 6.45) is 8.46. The van der Waals surface area contributed by atoms with Gasteiger partial charge in [0.2, 0.25) is 11.8 Å². The summed E-state index contributed by atoms with van der Waals surface area (Å²) in [7, 11) is 0. The Hall–Kier alpha value is -4.81. The van der Waals surface area contributed by atoms with Crippen LogP contribution in [0.25, 0.3) is 22.9 Å². The molecule has 0 bridgehead atoms. The predicted molar refractivity (Wildman–Crippen MR) is 123 cm³/mol. The number of imidazole rings is 1. The maximum absolute atomic E-state index is 14.0. The molecule has 0 amide bonds. The van der Waals surface area contributed by atoms with Crippen molar-refractivity contribution in [1.29, 1.82) is 0 Å². The second kappa shape index (κ2) is 8.20. The van der Waals surface area contributed by atoms with Crippen LogP contribution >= 0.6 is 0 Å². The number of aromatic amines is 3. The van der Waals surface area contributed by atoms with Crippen molar-refractivity contribution in [2.24, 2.45) is 4.99 Å². The van der Waals surface area contributed by atoms with E-state index in [1.807, 2.05) is 0 Å². The lowest BCUT2D eigenvalue weighted by Crippen LogP contribution is -2.24. The molecule has 4 heterocycles. The molecule has 1 saturated carbocycles. The third-order valence-corrected chi connectivity index (χ3v) is 5.57. The minimum Gasteiger partial charge on any atom is -0.493 e. The maximum atomic E-state index is 14.0. The van der Waals surface area contributed by atoms with E-state index in [1.54, 1.807) is 30.7 Å². The molecule has 1 fully saturated rings. The van der Waals surface area contributed by atoms with Crippen molar-refractivity contribution in [2.75, 3.05) is 5.32 Å². The summed E-state index contributed by atoms with van der Waals surface area (Å²) in [5, 5.41) is 24.7. The Balaban J connectivity index is 1.42. The fraction of sp³-hybridized carbons (Fsp3) is 0.182. The largest absolute Gasteiger partial charge is 0.493 e. The lowest BCUT2D eigenvalue weighted by Gasteiger charge is -2.10. The van der Waals surface area contributed by atoms with E-state index in [0.717, 1.165) is 24.0 Å². The monoisotopic (exact) mass is 474 g/mol. The number of halogens is 1. The molecule has 1 aliphatic rings. The molecule has 176 valence electrons. The first kappa shape index (κ1) is 20.8. The topological polar surface area (TPSA) is 165 Å². The summed E-state index contributed by atoms with van der Waals surface area (Å²) >= 11 is 0. The van der Waals surface area contributed by atoms with E-state index in [2.05, 4.69) is 45.5 Å². The average molecular weight is 474 g/mol. The molecule has 0 radical (unpaired) electrons. The summed E-state index contributed by atoms with van der Waals surface area (Å²) in [4.78, 5) is 30.0. The minimum absolute atomic E-state index is 0.179. The van der Waals surface area contributed by atoms with Gasteiger partial charge in [0.1, 0.15) is 11.5 Å². The minimum atomic E-state index is -0.532. The Bertz CT molecular complexity index is 1710. The van der Waals surface area contributed by atoms with Crippen LogP contribution < -0.4 is 21.8 Å². The SMILES string of the molecule is O=c1[nH]c(O)c(C=c2cnn3c(=NC4CC4)nc(NCc4cc(F)ccc4-c4cn[nH]c4)nc23)[nH]1. The van der Waals surface area contributed by atoms with Gasteiger partial charge in [0.25, 0.3) is 5.62 Å². The molecule has 1 aromatic carbocycles. The van der Waals surface area contributed by atoms with Gasteiger partial charge in [-0.15, -0.1) is 0 Å². The average Bonchev–Trinajstić information content (AvgIpc) is 3.19. The molecule has 13 heteroatoms. The Morgan fingerprint density at radius 1 is 1.26 bits per heavy atom. The number of aromatic nitrogens is 8. The highest BCUT2D eigenvalue weighted by molar-refractivity contribution is 5.66. The van der Waals surface area contributed by atoms with Crippen molar-refractivity contribution >= 4 is 17.7 Å². The van der Waals surface area contributed by atoms with Crippen molar-refractivity contribution in [3.63, 3.8) is 0 Å². The van der Waals surface area contributed by atoms with Gasteiger partial charge in [0.15, 0.2) is 5.65 Å². The zero-order valence-corrected chi connectivity index (χ0v) is 18.2. The number of nitrogens with one attached hydrogen (secondary N) is 4. The number of aromatic hydroxyl groups is 1. The van der Waals surface area contributed by atoms with Crippen LogP contribution in [-0.4, -0.2) is 50.9 Å². The van der Waals surface area contributed by atoms with Gasteiger partial charge in [0.05, 0.1) is 18.4 Å². The molecular formula is C22H19FN10O2. The molecule has 4 aromatic heterocycles. The first-order valence-electron chi connectivity index (χ1n) is 10.9. The molecule has 0 unspecified atom stereocenters. The van der Waals surface area contributed by atoms with Crippen LogP contribution in [0.3, 0.4) is 0 Å². The van der Waals surface area contributed by atoms with E-state index in [-0.39, 0.29) is 35.9 Å². The third kappa shape index (κ3) is 4.14. The smallest absolute Gasteiger partial charge is 0.326 e. The van der Waals surface area contributed by atoms with Crippen LogP contribution in [-0.2, 0) is 6.54 Å². The van der Waals surface area contributed by atoms with E-state index < -0.39 is 5.69 Å². The first-order chi connectivity index (χ1) is 17.0. The molecular weight excluding hydrogens is 455 g/mol. The fourth-order valence-corrected chi connectivity index (χ4v) is 3.72. The maximum Gasteiger partial charge on any atom is 0.326 e. The highest BCUT2D eigenvalue weighted by Gasteiger charge is 2.21. The van der Waals surface area contributed by atoms with E-state index in [4.69, 9.17) is 0 Å². The second-order valence-electron chi connectivity index (χ2n) is 8.17. The third-order valence-electron chi connectivity index (χ3n) is 5.57. The van der Waals surface area contributed by atoms with Gasteiger partial charge in [0, 0.05) is 23.5 Å². The molecule has 1 aliphatic carbocycles. The molecule has 0 spiro atoms. The van der Waals surface area contributed by atoms with Crippen LogP contribution in [0.2, 0.25) is 0 Å². The van der Waals surface area contributed by atoms with Gasteiger partial charge in [-0.3, -0.25) is 10.1 Å². The summed E-state index contributed by atoms with van der Waals surface area (Å²) in [5.74, 6) is -0.369. The molecule has 12 nitrogen and oxygen atoms in total. The summed E-state index contributed by atoms with van der Waals surface area (Å²) < 4.78 is 15.5. The number of H-pyrrole nitrogens is 3. The highest BCUT2D eigenvalue weighted by Crippen LogP contribution is 2.24. The number of nitrogens with zero attached hydrogens (tertiary/aromatic N) is 6. The zero-order valence-electron chi connectivity index (χ0n) is 18.2. The quantitative estimate of drug-likeness (QED) is 0.240. The van der Waals surface area contributed by atoms with Gasteiger partial charge < -0.3 is 15.4 Å². The van der Waals surface area contributed by atoms with Crippen molar-refractivity contribution in [2.45, 2.75) is 25.4 Å². The molecule has 0 aliphatic heterocycles. The number of benzene rings is 1. The number of anilines is 1. The molecule has 5 aromatic rings. The molecule has 0 atom stereocenters. The summed E-state index contributed by atoms with van der Waals surface area (Å²) in [6, 6.07) is 4.73. The lowest BCUT2D eigenvalue weighted by molar-refractivity contribution is 0.454. The van der Waals surface area contributed by atoms with Gasteiger partial charge in [-0.1, -0.05) is 6.07 Å². The molecule has 6 rings (SSSR count). The molecule has 0 saturated heterocycles. The van der Waals surface area contributed by atoms with Crippen LogP contribution in [0.15, 0.2) is 46.6 Å². The lowest BCUT2D eigenvalue weighted by atomic mass is 10.0. The van der Waals surface area contributed by atoms with E-state index >= 15 is 0 Å². The predicted octanol–water partition coefficient (Wildman–Crippen LogP) is 0.598. The molecule has 5 N–H and O–H groups in total. The Kier molecular flexibility index (Phi) is 4.87. The number of fused-ring (bicyclic) bond motifs is 1. The van der Waals surface area contributed by atoms with Gasteiger partial charge in [-0.05, 0) is 42.2 Å². The van der Waals surface area contributed by atoms with E-state index in [1.165, 1.54) is 16.6 Å². The zero-order chi connectivity index (χ0) is 23.9.